The molecule has 0 fully saturated rings. The van der Waals surface area contributed by atoms with Gasteiger partial charge in [0.25, 0.3) is 0 Å². The maximum absolute atomic E-state index is 9.60. The Hall–Kier alpha value is -1.10. The number of fused-ring (bicyclic) bond motifs is 3. The van der Waals surface area contributed by atoms with E-state index in [0.717, 1.165) is 15.6 Å². The zero-order valence-electron chi connectivity index (χ0n) is 10.8. The summed E-state index contributed by atoms with van der Waals surface area (Å²) in [6.45, 7) is 4.24. The molecule has 1 aliphatic rings. The van der Waals surface area contributed by atoms with Gasteiger partial charge in [-0.25, -0.2) is 0 Å². The number of halogens is 1. The van der Waals surface area contributed by atoms with Gasteiger partial charge >= 0.3 is 7.12 Å². The van der Waals surface area contributed by atoms with E-state index in [-0.39, 0.29) is 5.41 Å². The van der Waals surface area contributed by atoms with Crippen molar-refractivity contribution in [1.29, 1.82) is 0 Å². The fraction of sp³-hybridized carbons (Fsp3) is 0.200. The second-order valence-electron chi connectivity index (χ2n) is 5.46. The standard InChI is InChI=1S/C15H14BBrO2/c1-15(2)12-8-9(17)6-7-10(12)11-4-3-5-13(14(11)15)16(18)19/h3-8,18-19H,1-2H3. The molecule has 1 aliphatic carbocycles. The quantitative estimate of drug-likeness (QED) is 0.793. The van der Waals surface area contributed by atoms with Crippen molar-refractivity contribution in [3.8, 4) is 11.1 Å². The molecule has 0 spiro atoms. The van der Waals surface area contributed by atoms with Crippen LogP contribution in [0.2, 0.25) is 0 Å². The lowest BCUT2D eigenvalue weighted by Crippen LogP contribution is -2.37. The zero-order chi connectivity index (χ0) is 13.8. The van der Waals surface area contributed by atoms with Gasteiger partial charge in [-0.2, -0.15) is 0 Å². The van der Waals surface area contributed by atoms with E-state index in [9.17, 15) is 10.0 Å². The first-order chi connectivity index (χ1) is 8.93. The van der Waals surface area contributed by atoms with E-state index in [2.05, 4.69) is 41.9 Å². The highest BCUT2D eigenvalue weighted by Gasteiger charge is 2.39. The first-order valence-electron chi connectivity index (χ1n) is 6.23. The maximum atomic E-state index is 9.60. The number of hydrogen-bond donors (Lipinski definition) is 2. The van der Waals surface area contributed by atoms with Crippen molar-refractivity contribution in [3.05, 3.63) is 52.0 Å². The molecule has 2 aromatic rings. The van der Waals surface area contributed by atoms with Gasteiger partial charge in [-0.15, -0.1) is 0 Å². The second kappa shape index (κ2) is 4.20. The van der Waals surface area contributed by atoms with Crippen molar-refractivity contribution >= 4 is 28.5 Å². The van der Waals surface area contributed by atoms with Crippen LogP contribution in [0.15, 0.2) is 40.9 Å². The highest BCUT2D eigenvalue weighted by atomic mass is 79.9. The van der Waals surface area contributed by atoms with Gasteiger partial charge in [0.15, 0.2) is 0 Å². The second-order valence-corrected chi connectivity index (χ2v) is 6.37. The molecule has 4 heteroatoms. The summed E-state index contributed by atoms with van der Waals surface area (Å²) >= 11 is 3.51. The van der Waals surface area contributed by atoms with Gasteiger partial charge < -0.3 is 10.0 Å². The fourth-order valence-electron chi connectivity index (χ4n) is 3.11. The molecule has 19 heavy (non-hydrogen) atoms. The normalized spacial score (nSPS) is 15.0. The van der Waals surface area contributed by atoms with Gasteiger partial charge in [0.2, 0.25) is 0 Å². The summed E-state index contributed by atoms with van der Waals surface area (Å²) < 4.78 is 1.04. The molecule has 96 valence electrons. The van der Waals surface area contributed by atoms with E-state index in [1.165, 1.54) is 11.1 Å². The topological polar surface area (TPSA) is 40.5 Å². The smallest absolute Gasteiger partial charge is 0.423 e. The van der Waals surface area contributed by atoms with Crippen LogP contribution < -0.4 is 5.46 Å². The molecular weight excluding hydrogens is 303 g/mol. The monoisotopic (exact) mass is 316 g/mol. The highest BCUT2D eigenvalue weighted by molar-refractivity contribution is 9.10. The predicted molar refractivity (Wildman–Crippen MR) is 81.5 cm³/mol. The molecule has 2 nitrogen and oxygen atoms in total. The molecule has 0 radical (unpaired) electrons. The molecule has 3 rings (SSSR count). The molecule has 0 heterocycles. The average Bonchev–Trinajstić information content (AvgIpc) is 2.58. The first kappa shape index (κ1) is 12.9. The Kier molecular flexibility index (Phi) is 2.86. The van der Waals surface area contributed by atoms with Crippen molar-refractivity contribution in [2.75, 3.05) is 0 Å². The minimum absolute atomic E-state index is 0.227. The Morgan fingerprint density at radius 2 is 1.79 bits per heavy atom. The zero-order valence-corrected chi connectivity index (χ0v) is 12.4. The van der Waals surface area contributed by atoms with Crippen molar-refractivity contribution < 1.29 is 10.0 Å². The molecule has 2 N–H and O–H groups in total. The third kappa shape index (κ3) is 1.78. The van der Waals surface area contributed by atoms with Gasteiger partial charge in [-0.1, -0.05) is 54.0 Å². The van der Waals surface area contributed by atoms with Crippen molar-refractivity contribution in [2.45, 2.75) is 19.3 Å². The Morgan fingerprint density at radius 3 is 2.47 bits per heavy atom. The van der Waals surface area contributed by atoms with Gasteiger partial charge in [0, 0.05) is 9.89 Å². The van der Waals surface area contributed by atoms with E-state index in [0.29, 0.717) is 5.46 Å². The minimum atomic E-state index is -1.44. The van der Waals surface area contributed by atoms with Gasteiger partial charge in [-0.05, 0) is 39.8 Å². The summed E-state index contributed by atoms with van der Waals surface area (Å²) in [4.78, 5) is 0. The van der Waals surface area contributed by atoms with Gasteiger partial charge in [0.1, 0.15) is 0 Å². The van der Waals surface area contributed by atoms with E-state index in [4.69, 9.17) is 0 Å². The van der Waals surface area contributed by atoms with Crippen LogP contribution in [0.3, 0.4) is 0 Å². The van der Waals surface area contributed by atoms with Crippen LogP contribution in [-0.4, -0.2) is 17.2 Å². The van der Waals surface area contributed by atoms with Crippen LogP contribution in [0.25, 0.3) is 11.1 Å². The molecule has 0 aromatic heterocycles. The average molecular weight is 317 g/mol. The fourth-order valence-corrected chi connectivity index (χ4v) is 3.47. The molecular formula is C15H14BBrO2. The van der Waals surface area contributed by atoms with E-state index in [1.807, 2.05) is 18.2 Å². The lowest BCUT2D eigenvalue weighted by atomic mass is 9.69. The third-order valence-electron chi connectivity index (χ3n) is 3.94. The van der Waals surface area contributed by atoms with Crippen LogP contribution in [0.5, 0.6) is 0 Å². The summed E-state index contributed by atoms with van der Waals surface area (Å²) in [6, 6.07) is 11.9. The molecule has 0 saturated carbocycles. The van der Waals surface area contributed by atoms with Crippen LogP contribution in [0.4, 0.5) is 0 Å². The molecule has 0 aliphatic heterocycles. The van der Waals surface area contributed by atoms with Crippen LogP contribution in [0.1, 0.15) is 25.0 Å². The van der Waals surface area contributed by atoms with E-state index in [1.54, 1.807) is 6.07 Å². The van der Waals surface area contributed by atoms with E-state index >= 15 is 0 Å². The highest BCUT2D eigenvalue weighted by Crippen LogP contribution is 2.48. The summed E-state index contributed by atoms with van der Waals surface area (Å²) in [5.41, 5.74) is 4.86. The molecule has 0 atom stereocenters. The SMILES string of the molecule is CC1(C)c2cc(Br)ccc2-c2cccc(B(O)O)c21. The van der Waals surface area contributed by atoms with Crippen molar-refractivity contribution in [1.82, 2.24) is 0 Å². The lowest BCUT2D eigenvalue weighted by molar-refractivity contribution is 0.424. The van der Waals surface area contributed by atoms with Gasteiger partial charge in [0.05, 0.1) is 0 Å². The third-order valence-corrected chi connectivity index (χ3v) is 4.44. The Balaban J connectivity index is 2.37. The van der Waals surface area contributed by atoms with Crippen LogP contribution >= 0.6 is 15.9 Å². The first-order valence-corrected chi connectivity index (χ1v) is 7.02. The summed E-state index contributed by atoms with van der Waals surface area (Å²) in [5.74, 6) is 0. The predicted octanol–water partition coefficient (Wildman–Crippen LogP) is 2.44. The Bertz CT molecular complexity index is 665. The summed E-state index contributed by atoms with van der Waals surface area (Å²) in [6.07, 6.45) is 0. The van der Waals surface area contributed by atoms with Crippen LogP contribution in [-0.2, 0) is 5.41 Å². The Labute approximate surface area is 121 Å². The summed E-state index contributed by atoms with van der Waals surface area (Å²) in [7, 11) is -1.44. The Morgan fingerprint density at radius 1 is 1.05 bits per heavy atom. The largest absolute Gasteiger partial charge is 0.488 e. The van der Waals surface area contributed by atoms with Crippen molar-refractivity contribution in [2.24, 2.45) is 0 Å². The van der Waals surface area contributed by atoms with Crippen molar-refractivity contribution in [3.63, 3.8) is 0 Å². The van der Waals surface area contributed by atoms with E-state index < -0.39 is 7.12 Å². The number of hydrogen-bond acceptors (Lipinski definition) is 2. The maximum Gasteiger partial charge on any atom is 0.488 e. The lowest BCUT2D eigenvalue weighted by Gasteiger charge is -2.24. The minimum Gasteiger partial charge on any atom is -0.423 e. The molecule has 0 saturated heterocycles. The molecule has 0 unspecified atom stereocenters. The van der Waals surface area contributed by atoms with Gasteiger partial charge in [-0.3, -0.25) is 0 Å². The summed E-state index contributed by atoms with van der Waals surface area (Å²) in [5, 5.41) is 19.2. The molecule has 0 bridgehead atoms. The molecule has 2 aromatic carbocycles. The molecule has 0 amide bonds. The number of rotatable bonds is 1. The number of benzene rings is 2. The van der Waals surface area contributed by atoms with Crippen LogP contribution in [0, 0.1) is 0 Å².